The van der Waals surface area contributed by atoms with Crippen molar-refractivity contribution in [2.45, 2.75) is 39.2 Å². The first kappa shape index (κ1) is 16.0. The minimum Gasteiger partial charge on any atom is -0.491 e. The SMILES string of the molecule is CCCOc1cc(N2CCCN(C)CC2CC)ccc1N. The smallest absolute Gasteiger partial charge is 0.144 e. The van der Waals surface area contributed by atoms with Crippen LogP contribution >= 0.6 is 0 Å². The van der Waals surface area contributed by atoms with Crippen molar-refractivity contribution in [3.05, 3.63) is 18.2 Å². The summed E-state index contributed by atoms with van der Waals surface area (Å²) in [6, 6.07) is 6.77. The quantitative estimate of drug-likeness (QED) is 0.847. The second-order valence-corrected chi connectivity index (χ2v) is 5.94. The molecule has 118 valence electrons. The number of nitrogens with zero attached hydrogens (tertiary/aromatic N) is 2. The van der Waals surface area contributed by atoms with Crippen LogP contribution in [0, 0.1) is 0 Å². The van der Waals surface area contributed by atoms with Gasteiger partial charge in [-0.05, 0) is 45.0 Å². The zero-order valence-corrected chi connectivity index (χ0v) is 13.6. The van der Waals surface area contributed by atoms with Crippen molar-refractivity contribution in [2.24, 2.45) is 0 Å². The predicted octanol–water partition coefficient (Wildman–Crippen LogP) is 2.98. The lowest BCUT2D eigenvalue weighted by Crippen LogP contribution is -2.39. The highest BCUT2D eigenvalue weighted by atomic mass is 16.5. The number of likely N-dealkylation sites (N-methyl/N-ethyl adjacent to an activating group) is 1. The third kappa shape index (κ3) is 4.03. The number of benzene rings is 1. The molecule has 0 aromatic heterocycles. The largest absolute Gasteiger partial charge is 0.491 e. The van der Waals surface area contributed by atoms with Gasteiger partial charge in [-0.1, -0.05) is 13.8 Å². The molecule has 2 N–H and O–H groups in total. The van der Waals surface area contributed by atoms with Crippen LogP contribution in [-0.4, -0.2) is 44.2 Å². The molecule has 1 saturated heterocycles. The molecule has 0 bridgehead atoms. The maximum atomic E-state index is 6.03. The molecule has 0 radical (unpaired) electrons. The maximum Gasteiger partial charge on any atom is 0.144 e. The topological polar surface area (TPSA) is 41.7 Å². The number of nitrogen functional groups attached to an aromatic ring is 1. The average molecular weight is 291 g/mol. The van der Waals surface area contributed by atoms with Crippen molar-refractivity contribution >= 4 is 11.4 Å². The van der Waals surface area contributed by atoms with E-state index in [1.807, 2.05) is 6.07 Å². The van der Waals surface area contributed by atoms with E-state index in [2.05, 4.69) is 42.8 Å². The van der Waals surface area contributed by atoms with Gasteiger partial charge in [-0.3, -0.25) is 0 Å². The van der Waals surface area contributed by atoms with Crippen LogP contribution in [0.4, 0.5) is 11.4 Å². The first-order valence-electron chi connectivity index (χ1n) is 8.13. The Morgan fingerprint density at radius 3 is 2.81 bits per heavy atom. The van der Waals surface area contributed by atoms with Crippen molar-refractivity contribution in [1.29, 1.82) is 0 Å². The van der Waals surface area contributed by atoms with Gasteiger partial charge in [0.15, 0.2) is 0 Å². The van der Waals surface area contributed by atoms with Crippen LogP contribution < -0.4 is 15.4 Å². The Labute approximate surface area is 128 Å². The second kappa shape index (κ2) is 7.55. The molecule has 0 spiro atoms. The van der Waals surface area contributed by atoms with Crippen molar-refractivity contribution in [1.82, 2.24) is 4.90 Å². The molecule has 4 heteroatoms. The molecular weight excluding hydrogens is 262 g/mol. The van der Waals surface area contributed by atoms with E-state index >= 15 is 0 Å². The summed E-state index contributed by atoms with van der Waals surface area (Å²) < 4.78 is 5.78. The molecule has 21 heavy (non-hydrogen) atoms. The fourth-order valence-corrected chi connectivity index (χ4v) is 2.97. The fraction of sp³-hybridized carbons (Fsp3) is 0.647. The highest BCUT2D eigenvalue weighted by Gasteiger charge is 2.22. The van der Waals surface area contributed by atoms with Crippen LogP contribution in [0.5, 0.6) is 5.75 Å². The normalized spacial score (nSPS) is 20.3. The van der Waals surface area contributed by atoms with E-state index in [1.54, 1.807) is 0 Å². The zero-order valence-electron chi connectivity index (χ0n) is 13.6. The van der Waals surface area contributed by atoms with Gasteiger partial charge in [0.05, 0.1) is 12.3 Å². The Morgan fingerprint density at radius 2 is 2.10 bits per heavy atom. The molecule has 1 aliphatic heterocycles. The first-order chi connectivity index (χ1) is 10.2. The van der Waals surface area contributed by atoms with Crippen molar-refractivity contribution < 1.29 is 4.74 Å². The molecule has 0 saturated carbocycles. The van der Waals surface area contributed by atoms with Gasteiger partial charge in [-0.2, -0.15) is 0 Å². The van der Waals surface area contributed by atoms with Gasteiger partial charge in [-0.25, -0.2) is 0 Å². The summed E-state index contributed by atoms with van der Waals surface area (Å²) in [5, 5.41) is 0. The van der Waals surface area contributed by atoms with E-state index in [1.165, 1.54) is 18.7 Å². The second-order valence-electron chi connectivity index (χ2n) is 5.94. The van der Waals surface area contributed by atoms with E-state index in [0.717, 1.165) is 37.4 Å². The highest BCUT2D eigenvalue weighted by molar-refractivity contribution is 5.62. The summed E-state index contributed by atoms with van der Waals surface area (Å²) in [5.41, 5.74) is 7.99. The molecule has 1 atom stereocenters. The predicted molar refractivity (Wildman–Crippen MR) is 90.2 cm³/mol. The van der Waals surface area contributed by atoms with E-state index in [-0.39, 0.29) is 0 Å². The van der Waals surface area contributed by atoms with Crippen molar-refractivity contribution in [3.63, 3.8) is 0 Å². The molecule has 2 rings (SSSR count). The number of ether oxygens (including phenoxy) is 1. The summed E-state index contributed by atoms with van der Waals surface area (Å²) in [6.45, 7) is 8.47. The molecule has 1 aliphatic rings. The third-order valence-electron chi connectivity index (χ3n) is 4.16. The van der Waals surface area contributed by atoms with Crippen molar-refractivity contribution in [2.75, 3.05) is 43.9 Å². The molecule has 1 aromatic carbocycles. The van der Waals surface area contributed by atoms with Crippen LogP contribution in [0.25, 0.3) is 0 Å². The molecule has 1 aromatic rings. The zero-order chi connectivity index (χ0) is 15.2. The van der Waals surface area contributed by atoms with Crippen LogP contribution in [0.15, 0.2) is 18.2 Å². The minimum absolute atomic E-state index is 0.556. The van der Waals surface area contributed by atoms with Crippen LogP contribution in [0.2, 0.25) is 0 Å². The average Bonchev–Trinajstić information content (AvgIpc) is 2.67. The Bertz CT molecular complexity index is 450. The van der Waals surface area contributed by atoms with Crippen LogP contribution in [0.1, 0.15) is 33.1 Å². The summed E-state index contributed by atoms with van der Waals surface area (Å²) in [4.78, 5) is 4.95. The monoisotopic (exact) mass is 291 g/mol. The van der Waals surface area contributed by atoms with E-state index in [9.17, 15) is 0 Å². The molecular formula is C17H29N3O. The van der Waals surface area contributed by atoms with Gasteiger partial charge in [-0.15, -0.1) is 0 Å². The van der Waals surface area contributed by atoms with Crippen molar-refractivity contribution in [3.8, 4) is 5.75 Å². The Morgan fingerprint density at radius 1 is 1.29 bits per heavy atom. The number of nitrogens with two attached hydrogens (primary N) is 1. The van der Waals surface area contributed by atoms with Crippen LogP contribution in [0.3, 0.4) is 0 Å². The minimum atomic E-state index is 0.556. The number of hydrogen-bond acceptors (Lipinski definition) is 4. The summed E-state index contributed by atoms with van der Waals surface area (Å²) in [5.74, 6) is 0.821. The Hall–Kier alpha value is -1.42. The van der Waals surface area contributed by atoms with Gasteiger partial charge in [0.2, 0.25) is 0 Å². The maximum absolute atomic E-state index is 6.03. The molecule has 0 aliphatic carbocycles. The molecule has 1 unspecified atom stereocenters. The van der Waals surface area contributed by atoms with Crippen LogP contribution in [-0.2, 0) is 0 Å². The molecule has 0 amide bonds. The molecule has 1 heterocycles. The van der Waals surface area contributed by atoms with E-state index < -0.39 is 0 Å². The number of hydrogen-bond donors (Lipinski definition) is 1. The lowest BCUT2D eigenvalue weighted by atomic mass is 10.1. The summed E-state index contributed by atoms with van der Waals surface area (Å²) in [6.07, 6.45) is 3.35. The van der Waals surface area contributed by atoms with Gasteiger partial charge in [0.25, 0.3) is 0 Å². The highest BCUT2D eigenvalue weighted by Crippen LogP contribution is 2.30. The van der Waals surface area contributed by atoms with Gasteiger partial charge < -0.3 is 20.3 Å². The summed E-state index contributed by atoms with van der Waals surface area (Å²) >= 11 is 0. The first-order valence-corrected chi connectivity index (χ1v) is 8.13. The number of anilines is 2. The molecule has 4 nitrogen and oxygen atoms in total. The lowest BCUT2D eigenvalue weighted by Gasteiger charge is -2.32. The third-order valence-corrected chi connectivity index (χ3v) is 4.16. The number of rotatable bonds is 5. The van der Waals surface area contributed by atoms with Gasteiger partial charge in [0, 0.05) is 30.9 Å². The van der Waals surface area contributed by atoms with E-state index in [4.69, 9.17) is 10.5 Å². The Kier molecular flexibility index (Phi) is 5.74. The van der Waals surface area contributed by atoms with E-state index in [0.29, 0.717) is 12.6 Å². The molecule has 1 fully saturated rings. The van der Waals surface area contributed by atoms with Gasteiger partial charge >= 0.3 is 0 Å². The standard InChI is InChI=1S/C17H29N3O/c1-4-11-21-17-12-15(7-8-16(17)18)20-10-6-9-19(3)13-14(20)5-2/h7-8,12,14H,4-6,9-11,13,18H2,1-3H3. The lowest BCUT2D eigenvalue weighted by molar-refractivity contribution is 0.318. The Balaban J connectivity index is 2.22. The van der Waals surface area contributed by atoms with Gasteiger partial charge in [0.1, 0.15) is 5.75 Å². The fourth-order valence-electron chi connectivity index (χ4n) is 2.97. The summed E-state index contributed by atoms with van der Waals surface area (Å²) in [7, 11) is 2.21.